The smallest absolute Gasteiger partial charge is 0.0663 e. The minimum atomic E-state index is 0.304. The molecule has 0 aliphatic heterocycles. The molecule has 1 rings (SSSR count). The quantitative estimate of drug-likeness (QED) is 0.764. The van der Waals surface area contributed by atoms with Crippen LogP contribution in [-0.4, -0.2) is 40.0 Å². The molecule has 1 unspecified atom stereocenters. The van der Waals surface area contributed by atoms with Gasteiger partial charge in [-0.05, 0) is 24.6 Å². The first-order valence-electron chi connectivity index (χ1n) is 6.26. The first-order chi connectivity index (χ1) is 8.72. The molecule has 0 spiro atoms. The molecule has 0 aliphatic rings. The molecule has 0 aliphatic carbocycles. The van der Waals surface area contributed by atoms with E-state index in [1.165, 1.54) is 5.69 Å². The van der Waals surface area contributed by atoms with Crippen LogP contribution in [0.4, 0.5) is 5.69 Å². The molecule has 0 aromatic heterocycles. The van der Waals surface area contributed by atoms with Crippen LogP contribution >= 0.6 is 0 Å². The van der Waals surface area contributed by atoms with Crippen LogP contribution in [0.25, 0.3) is 0 Å². The van der Waals surface area contributed by atoms with Crippen molar-refractivity contribution in [2.45, 2.75) is 19.5 Å². The second-order valence-electron chi connectivity index (χ2n) is 4.36. The molecular formula is C14H24N2O2. The van der Waals surface area contributed by atoms with Crippen LogP contribution in [0.15, 0.2) is 24.3 Å². The summed E-state index contributed by atoms with van der Waals surface area (Å²) in [5.41, 5.74) is 7.99. The fraction of sp³-hybridized carbons (Fsp3) is 0.571. The molecule has 18 heavy (non-hydrogen) atoms. The van der Waals surface area contributed by atoms with Gasteiger partial charge in [0, 0.05) is 39.0 Å². The van der Waals surface area contributed by atoms with Gasteiger partial charge in [0.1, 0.15) is 0 Å². The molecule has 4 nitrogen and oxygen atoms in total. The lowest BCUT2D eigenvalue weighted by molar-refractivity contribution is 0.171. The predicted molar refractivity (Wildman–Crippen MR) is 74.9 cm³/mol. The Morgan fingerprint density at radius 1 is 1.28 bits per heavy atom. The average Bonchev–Trinajstić information content (AvgIpc) is 2.40. The summed E-state index contributed by atoms with van der Waals surface area (Å²) in [5, 5.41) is 0. The first kappa shape index (κ1) is 15.0. The third-order valence-corrected chi connectivity index (χ3v) is 2.95. The van der Waals surface area contributed by atoms with Crippen LogP contribution in [0.1, 0.15) is 12.5 Å². The number of hydrogen-bond acceptors (Lipinski definition) is 4. The van der Waals surface area contributed by atoms with Gasteiger partial charge in [-0.3, -0.25) is 0 Å². The van der Waals surface area contributed by atoms with Crippen molar-refractivity contribution in [3.8, 4) is 0 Å². The molecule has 0 fully saturated rings. The maximum absolute atomic E-state index is 5.69. The molecule has 2 N–H and O–H groups in total. The van der Waals surface area contributed by atoms with Crippen LogP contribution in [0.2, 0.25) is 0 Å². The molecule has 0 heterocycles. The van der Waals surface area contributed by atoms with Crippen molar-refractivity contribution in [3.63, 3.8) is 0 Å². The van der Waals surface area contributed by atoms with Crippen LogP contribution in [0.3, 0.4) is 0 Å². The molecule has 0 bridgehead atoms. The van der Waals surface area contributed by atoms with E-state index in [0.717, 1.165) is 12.1 Å². The summed E-state index contributed by atoms with van der Waals surface area (Å²) in [6.45, 7) is 4.94. The second kappa shape index (κ2) is 8.08. The summed E-state index contributed by atoms with van der Waals surface area (Å²) in [5.74, 6) is 0. The summed E-state index contributed by atoms with van der Waals surface area (Å²) in [4.78, 5) is 2.28. The normalized spacial score (nSPS) is 12.4. The maximum atomic E-state index is 5.69. The standard InChI is InChI=1S/C14H24N2O2/c1-12(11-18-3)16(7-8-17-2)14-6-4-5-13(9-14)10-15/h4-6,9,12H,7-8,10-11,15H2,1-3H3. The molecule has 1 aromatic carbocycles. The van der Waals surface area contributed by atoms with Crippen molar-refractivity contribution in [2.75, 3.05) is 38.9 Å². The predicted octanol–water partition coefficient (Wildman–Crippen LogP) is 1.63. The lowest BCUT2D eigenvalue weighted by atomic mass is 10.1. The summed E-state index contributed by atoms with van der Waals surface area (Å²) < 4.78 is 10.4. The number of ether oxygens (including phenoxy) is 2. The Kier molecular flexibility index (Phi) is 6.72. The van der Waals surface area contributed by atoms with E-state index >= 15 is 0 Å². The lowest BCUT2D eigenvalue weighted by Crippen LogP contribution is -2.38. The summed E-state index contributed by atoms with van der Waals surface area (Å²) in [6, 6.07) is 8.61. The zero-order chi connectivity index (χ0) is 13.4. The van der Waals surface area contributed by atoms with Crippen LogP contribution < -0.4 is 10.6 Å². The van der Waals surface area contributed by atoms with E-state index in [0.29, 0.717) is 25.8 Å². The molecule has 0 saturated heterocycles. The van der Waals surface area contributed by atoms with Crippen molar-refractivity contribution in [1.29, 1.82) is 0 Å². The topological polar surface area (TPSA) is 47.7 Å². The molecular weight excluding hydrogens is 228 g/mol. The van der Waals surface area contributed by atoms with Crippen LogP contribution in [-0.2, 0) is 16.0 Å². The Labute approximate surface area is 110 Å². The van der Waals surface area contributed by atoms with Crippen LogP contribution in [0.5, 0.6) is 0 Å². The third-order valence-electron chi connectivity index (χ3n) is 2.95. The monoisotopic (exact) mass is 252 g/mol. The van der Waals surface area contributed by atoms with Gasteiger partial charge in [-0.1, -0.05) is 12.1 Å². The van der Waals surface area contributed by atoms with Crippen molar-refractivity contribution >= 4 is 5.69 Å². The largest absolute Gasteiger partial charge is 0.383 e. The van der Waals surface area contributed by atoms with Crippen LogP contribution in [0, 0.1) is 0 Å². The number of nitrogens with two attached hydrogens (primary N) is 1. The molecule has 1 atom stereocenters. The van der Waals surface area contributed by atoms with Gasteiger partial charge in [0.15, 0.2) is 0 Å². The second-order valence-corrected chi connectivity index (χ2v) is 4.36. The van der Waals surface area contributed by atoms with Crippen molar-refractivity contribution in [1.82, 2.24) is 0 Å². The van der Waals surface area contributed by atoms with E-state index in [-0.39, 0.29) is 0 Å². The average molecular weight is 252 g/mol. The summed E-state index contributed by atoms with van der Waals surface area (Å²) in [7, 11) is 3.44. The van der Waals surface area contributed by atoms with Crippen molar-refractivity contribution < 1.29 is 9.47 Å². The Balaban J connectivity index is 2.85. The number of hydrogen-bond donors (Lipinski definition) is 1. The molecule has 1 aromatic rings. The highest BCUT2D eigenvalue weighted by molar-refractivity contribution is 5.49. The van der Waals surface area contributed by atoms with Gasteiger partial charge in [-0.25, -0.2) is 0 Å². The highest BCUT2D eigenvalue weighted by atomic mass is 16.5. The Morgan fingerprint density at radius 2 is 2.06 bits per heavy atom. The SMILES string of the molecule is COCCN(c1cccc(CN)c1)C(C)COC. The first-order valence-corrected chi connectivity index (χ1v) is 6.26. The fourth-order valence-corrected chi connectivity index (χ4v) is 1.99. The van der Waals surface area contributed by atoms with E-state index in [1.807, 2.05) is 12.1 Å². The van der Waals surface area contributed by atoms with E-state index in [2.05, 4.69) is 24.0 Å². The molecule has 0 saturated carbocycles. The number of rotatable bonds is 8. The zero-order valence-electron chi connectivity index (χ0n) is 11.6. The molecule has 0 radical (unpaired) electrons. The van der Waals surface area contributed by atoms with Crippen molar-refractivity contribution in [3.05, 3.63) is 29.8 Å². The van der Waals surface area contributed by atoms with E-state index in [1.54, 1.807) is 14.2 Å². The maximum Gasteiger partial charge on any atom is 0.0663 e. The van der Waals surface area contributed by atoms with E-state index in [4.69, 9.17) is 15.2 Å². The van der Waals surface area contributed by atoms with Gasteiger partial charge in [-0.2, -0.15) is 0 Å². The number of nitrogens with zero attached hydrogens (tertiary/aromatic N) is 1. The molecule has 102 valence electrons. The van der Waals surface area contributed by atoms with Gasteiger partial charge in [0.2, 0.25) is 0 Å². The van der Waals surface area contributed by atoms with Gasteiger partial charge in [0.05, 0.1) is 13.2 Å². The highest BCUT2D eigenvalue weighted by Gasteiger charge is 2.14. The van der Waals surface area contributed by atoms with Gasteiger partial charge >= 0.3 is 0 Å². The van der Waals surface area contributed by atoms with E-state index in [9.17, 15) is 0 Å². The lowest BCUT2D eigenvalue weighted by Gasteiger charge is -2.31. The molecule has 0 amide bonds. The third kappa shape index (κ3) is 4.29. The Morgan fingerprint density at radius 3 is 2.67 bits per heavy atom. The zero-order valence-corrected chi connectivity index (χ0v) is 11.6. The minimum absolute atomic E-state index is 0.304. The minimum Gasteiger partial charge on any atom is -0.383 e. The van der Waals surface area contributed by atoms with Gasteiger partial charge < -0.3 is 20.1 Å². The van der Waals surface area contributed by atoms with Gasteiger partial charge in [-0.15, -0.1) is 0 Å². The van der Waals surface area contributed by atoms with Crippen molar-refractivity contribution in [2.24, 2.45) is 5.73 Å². The summed E-state index contributed by atoms with van der Waals surface area (Å²) >= 11 is 0. The highest BCUT2D eigenvalue weighted by Crippen LogP contribution is 2.18. The molecule has 4 heteroatoms. The summed E-state index contributed by atoms with van der Waals surface area (Å²) in [6.07, 6.45) is 0. The number of methoxy groups -OCH3 is 2. The van der Waals surface area contributed by atoms with E-state index < -0.39 is 0 Å². The Hall–Kier alpha value is -1.10. The number of benzene rings is 1. The fourth-order valence-electron chi connectivity index (χ4n) is 1.99. The number of anilines is 1. The van der Waals surface area contributed by atoms with Gasteiger partial charge in [0.25, 0.3) is 0 Å². The Bertz CT molecular complexity index is 344.